The van der Waals surface area contributed by atoms with Gasteiger partial charge in [-0.2, -0.15) is 0 Å². The zero-order valence-electron chi connectivity index (χ0n) is 6.07. The highest BCUT2D eigenvalue weighted by Gasteiger charge is 1.92. The monoisotopic (exact) mass is 126 g/mol. The summed E-state index contributed by atoms with van der Waals surface area (Å²) in [6.45, 7) is 4.00. The first kappa shape index (κ1) is 8.21. The smallest absolute Gasteiger partial charge is 0.0226 e. The lowest BCUT2D eigenvalue weighted by Gasteiger charge is -2.00. The summed E-state index contributed by atoms with van der Waals surface area (Å²) < 4.78 is 0. The number of hydrogen-bond acceptors (Lipinski definition) is 2. The molecule has 0 aromatic heterocycles. The van der Waals surface area contributed by atoms with E-state index >= 15 is 0 Å². The molecule has 0 aliphatic carbocycles. The van der Waals surface area contributed by atoms with Gasteiger partial charge in [-0.15, -0.1) is 0 Å². The van der Waals surface area contributed by atoms with Crippen molar-refractivity contribution in [1.29, 1.82) is 5.41 Å². The van der Waals surface area contributed by atoms with Crippen molar-refractivity contribution in [2.75, 3.05) is 0 Å². The first-order valence-corrected chi connectivity index (χ1v) is 3.24. The summed E-state index contributed by atoms with van der Waals surface area (Å²) in [7, 11) is 0. The molecule has 0 bridgehead atoms. The van der Waals surface area contributed by atoms with E-state index in [0.717, 1.165) is 24.1 Å². The van der Waals surface area contributed by atoms with Crippen molar-refractivity contribution in [2.45, 2.75) is 26.7 Å². The van der Waals surface area contributed by atoms with Crippen molar-refractivity contribution >= 4 is 6.21 Å². The van der Waals surface area contributed by atoms with Crippen LogP contribution in [0.4, 0.5) is 0 Å². The van der Waals surface area contributed by atoms with E-state index in [0.29, 0.717) is 0 Å². The molecular weight excluding hydrogens is 112 g/mol. The topological polar surface area (TPSA) is 49.9 Å². The fourth-order valence-corrected chi connectivity index (χ4v) is 0.649. The third-order valence-electron chi connectivity index (χ3n) is 1.35. The molecule has 0 aliphatic heterocycles. The molecule has 0 radical (unpaired) electrons. The second-order valence-corrected chi connectivity index (χ2v) is 1.90. The van der Waals surface area contributed by atoms with Gasteiger partial charge in [0, 0.05) is 11.9 Å². The summed E-state index contributed by atoms with van der Waals surface area (Å²) in [6, 6.07) is 0. The average Bonchev–Trinajstić information content (AvgIpc) is 1.90. The Morgan fingerprint density at radius 1 is 1.44 bits per heavy atom. The van der Waals surface area contributed by atoms with Gasteiger partial charge < -0.3 is 11.1 Å². The summed E-state index contributed by atoms with van der Waals surface area (Å²) in [5.74, 6) is 0. The Hall–Kier alpha value is -0.790. The lowest BCUT2D eigenvalue weighted by Crippen LogP contribution is -2.01. The largest absolute Gasteiger partial charge is 0.402 e. The van der Waals surface area contributed by atoms with Crippen LogP contribution < -0.4 is 5.73 Å². The van der Waals surface area contributed by atoms with E-state index < -0.39 is 0 Å². The summed E-state index contributed by atoms with van der Waals surface area (Å²) in [5, 5.41) is 6.93. The first-order valence-electron chi connectivity index (χ1n) is 3.24. The van der Waals surface area contributed by atoms with E-state index in [1.807, 2.05) is 13.8 Å². The first-order chi connectivity index (χ1) is 4.26. The van der Waals surface area contributed by atoms with Crippen molar-refractivity contribution in [1.82, 2.24) is 0 Å². The van der Waals surface area contributed by atoms with Crippen molar-refractivity contribution < 1.29 is 0 Å². The van der Waals surface area contributed by atoms with E-state index in [1.54, 1.807) is 0 Å². The molecule has 0 saturated carbocycles. The van der Waals surface area contributed by atoms with Crippen molar-refractivity contribution in [3.63, 3.8) is 0 Å². The Balaban J connectivity index is 4.18. The number of allylic oxidation sites excluding steroid dienone is 2. The molecule has 0 fully saturated rings. The minimum absolute atomic E-state index is 0.840. The molecule has 0 amide bonds. The van der Waals surface area contributed by atoms with Gasteiger partial charge in [0.15, 0.2) is 0 Å². The predicted molar refractivity (Wildman–Crippen MR) is 40.6 cm³/mol. The Morgan fingerprint density at radius 2 is 2.00 bits per heavy atom. The SMILES string of the molecule is CC/C(N)=C(/C=N)CC. The normalized spacial score (nSPS) is 12.7. The van der Waals surface area contributed by atoms with Crippen molar-refractivity contribution in [3.05, 3.63) is 11.3 Å². The van der Waals surface area contributed by atoms with Gasteiger partial charge in [-0.1, -0.05) is 13.8 Å². The molecule has 0 atom stereocenters. The quantitative estimate of drug-likeness (QED) is 0.555. The average molecular weight is 126 g/mol. The van der Waals surface area contributed by atoms with Gasteiger partial charge in [-0.05, 0) is 18.4 Å². The molecular formula is C7H14N2. The molecule has 9 heavy (non-hydrogen) atoms. The lowest BCUT2D eigenvalue weighted by molar-refractivity contribution is 1.01. The second kappa shape index (κ2) is 4.13. The number of nitrogens with two attached hydrogens (primary N) is 1. The van der Waals surface area contributed by atoms with Crippen LogP contribution in [0.2, 0.25) is 0 Å². The van der Waals surface area contributed by atoms with E-state index in [2.05, 4.69) is 0 Å². The lowest BCUT2D eigenvalue weighted by atomic mass is 10.1. The van der Waals surface area contributed by atoms with Crippen LogP contribution in [0.3, 0.4) is 0 Å². The molecule has 0 heterocycles. The predicted octanol–water partition coefficient (Wildman–Crippen LogP) is 1.67. The summed E-state index contributed by atoms with van der Waals surface area (Å²) >= 11 is 0. The van der Waals surface area contributed by atoms with Crippen LogP contribution in [0, 0.1) is 5.41 Å². The molecule has 0 spiro atoms. The van der Waals surface area contributed by atoms with Crippen LogP contribution in [0.15, 0.2) is 11.3 Å². The number of nitrogens with one attached hydrogen (secondary N) is 1. The van der Waals surface area contributed by atoms with Gasteiger partial charge in [0.2, 0.25) is 0 Å². The van der Waals surface area contributed by atoms with Crippen LogP contribution in [0.25, 0.3) is 0 Å². The van der Waals surface area contributed by atoms with Gasteiger partial charge in [0.1, 0.15) is 0 Å². The Bertz CT molecular complexity index is 125. The summed E-state index contributed by atoms with van der Waals surface area (Å²) in [5.41, 5.74) is 7.36. The number of hydrogen-bond donors (Lipinski definition) is 2. The van der Waals surface area contributed by atoms with Crippen LogP contribution in [0.1, 0.15) is 26.7 Å². The molecule has 0 saturated heterocycles. The fraction of sp³-hybridized carbons (Fsp3) is 0.571. The van der Waals surface area contributed by atoms with E-state index in [1.165, 1.54) is 6.21 Å². The summed E-state index contributed by atoms with van der Waals surface area (Å²) in [6.07, 6.45) is 3.04. The molecule has 0 aromatic rings. The minimum Gasteiger partial charge on any atom is -0.402 e. The molecule has 0 aromatic carbocycles. The highest BCUT2D eigenvalue weighted by atomic mass is 14.6. The standard InChI is InChI=1S/C7H14N2/c1-3-6(5-8)7(9)4-2/h5,8H,3-4,9H2,1-2H3/b7-6-,8-5?. The highest BCUT2D eigenvalue weighted by molar-refractivity contribution is 5.76. The maximum atomic E-state index is 6.93. The molecule has 0 rings (SSSR count). The maximum absolute atomic E-state index is 6.93. The Labute approximate surface area is 56.3 Å². The Morgan fingerprint density at radius 3 is 2.11 bits per heavy atom. The van der Waals surface area contributed by atoms with Crippen LogP contribution >= 0.6 is 0 Å². The van der Waals surface area contributed by atoms with Gasteiger partial charge in [-0.25, -0.2) is 0 Å². The van der Waals surface area contributed by atoms with Gasteiger partial charge in [0.25, 0.3) is 0 Å². The van der Waals surface area contributed by atoms with Crippen LogP contribution in [0.5, 0.6) is 0 Å². The Kier molecular flexibility index (Phi) is 3.76. The molecule has 2 nitrogen and oxygen atoms in total. The molecule has 2 heteroatoms. The van der Waals surface area contributed by atoms with Crippen LogP contribution in [-0.4, -0.2) is 6.21 Å². The second-order valence-electron chi connectivity index (χ2n) is 1.90. The summed E-state index contributed by atoms with van der Waals surface area (Å²) in [4.78, 5) is 0. The molecule has 3 N–H and O–H groups in total. The van der Waals surface area contributed by atoms with Gasteiger partial charge in [-0.3, -0.25) is 0 Å². The van der Waals surface area contributed by atoms with Crippen LogP contribution in [-0.2, 0) is 0 Å². The molecule has 52 valence electrons. The zero-order valence-corrected chi connectivity index (χ0v) is 6.07. The minimum atomic E-state index is 0.840. The van der Waals surface area contributed by atoms with Gasteiger partial charge >= 0.3 is 0 Å². The van der Waals surface area contributed by atoms with Crippen molar-refractivity contribution in [3.8, 4) is 0 Å². The van der Waals surface area contributed by atoms with E-state index in [4.69, 9.17) is 11.1 Å². The maximum Gasteiger partial charge on any atom is 0.0226 e. The van der Waals surface area contributed by atoms with E-state index in [9.17, 15) is 0 Å². The third kappa shape index (κ3) is 2.31. The van der Waals surface area contributed by atoms with Gasteiger partial charge in [0.05, 0.1) is 0 Å². The highest BCUT2D eigenvalue weighted by Crippen LogP contribution is 2.02. The van der Waals surface area contributed by atoms with E-state index in [-0.39, 0.29) is 0 Å². The number of rotatable bonds is 3. The van der Waals surface area contributed by atoms with Crippen molar-refractivity contribution in [2.24, 2.45) is 5.73 Å². The third-order valence-corrected chi connectivity index (χ3v) is 1.35. The fourth-order valence-electron chi connectivity index (χ4n) is 0.649. The molecule has 0 unspecified atom stereocenters. The molecule has 0 aliphatic rings. The zero-order chi connectivity index (χ0) is 7.28.